The maximum Gasteiger partial charge on any atom is 0.273 e. The summed E-state index contributed by atoms with van der Waals surface area (Å²) in [7, 11) is 0. The SMILES string of the molecule is O=C(NCCc1ccccc1Cl)c1coc(-c2ccccc2)n1. The normalized spacial score (nSPS) is 10.5. The van der Waals surface area contributed by atoms with E-state index in [1.165, 1.54) is 6.26 Å². The fraction of sp³-hybridized carbons (Fsp3) is 0.111. The Bertz CT molecular complexity index is 800. The second-order valence-electron chi connectivity index (χ2n) is 5.00. The number of hydrogen-bond acceptors (Lipinski definition) is 3. The van der Waals surface area contributed by atoms with Gasteiger partial charge in [-0.15, -0.1) is 0 Å². The largest absolute Gasteiger partial charge is 0.444 e. The topological polar surface area (TPSA) is 55.1 Å². The minimum Gasteiger partial charge on any atom is -0.444 e. The predicted molar refractivity (Wildman–Crippen MR) is 89.4 cm³/mol. The standard InChI is InChI=1S/C18H15ClN2O2/c19-15-9-5-4-6-13(15)10-11-20-17(22)16-12-23-18(21-16)14-7-2-1-3-8-14/h1-9,12H,10-11H2,(H,20,22). The average molecular weight is 327 g/mol. The summed E-state index contributed by atoms with van der Waals surface area (Å²) in [4.78, 5) is 16.3. The number of rotatable bonds is 5. The molecule has 0 unspecified atom stereocenters. The van der Waals surface area contributed by atoms with Crippen LogP contribution in [-0.4, -0.2) is 17.4 Å². The first-order valence-electron chi connectivity index (χ1n) is 7.26. The highest BCUT2D eigenvalue weighted by atomic mass is 35.5. The average Bonchev–Trinajstić information content (AvgIpc) is 3.07. The molecule has 1 N–H and O–H groups in total. The van der Waals surface area contributed by atoms with Crippen LogP contribution >= 0.6 is 11.6 Å². The van der Waals surface area contributed by atoms with Gasteiger partial charge < -0.3 is 9.73 Å². The minimum atomic E-state index is -0.261. The van der Waals surface area contributed by atoms with Crippen LogP contribution in [0.2, 0.25) is 5.02 Å². The molecule has 0 spiro atoms. The lowest BCUT2D eigenvalue weighted by molar-refractivity contribution is 0.0949. The first-order valence-corrected chi connectivity index (χ1v) is 7.64. The molecule has 0 radical (unpaired) electrons. The van der Waals surface area contributed by atoms with Crippen LogP contribution in [0.1, 0.15) is 16.1 Å². The zero-order chi connectivity index (χ0) is 16.1. The van der Waals surface area contributed by atoms with E-state index >= 15 is 0 Å². The van der Waals surface area contributed by atoms with Crippen molar-refractivity contribution in [3.8, 4) is 11.5 Å². The van der Waals surface area contributed by atoms with E-state index in [1.54, 1.807) is 0 Å². The van der Waals surface area contributed by atoms with Crippen LogP contribution in [0.4, 0.5) is 0 Å². The van der Waals surface area contributed by atoms with E-state index in [0.29, 0.717) is 23.9 Å². The summed E-state index contributed by atoms with van der Waals surface area (Å²) in [5.41, 5.74) is 2.10. The molecule has 0 bridgehead atoms. The lowest BCUT2D eigenvalue weighted by Gasteiger charge is -2.05. The fourth-order valence-corrected chi connectivity index (χ4v) is 2.42. The second kappa shape index (κ2) is 7.11. The zero-order valence-corrected chi connectivity index (χ0v) is 13.1. The number of hydrogen-bond donors (Lipinski definition) is 1. The Morgan fingerprint density at radius 3 is 2.61 bits per heavy atom. The quantitative estimate of drug-likeness (QED) is 0.772. The Morgan fingerprint density at radius 2 is 1.83 bits per heavy atom. The van der Waals surface area contributed by atoms with E-state index in [0.717, 1.165) is 11.1 Å². The molecule has 0 aliphatic rings. The van der Waals surface area contributed by atoms with Crippen molar-refractivity contribution in [2.45, 2.75) is 6.42 Å². The predicted octanol–water partition coefficient (Wildman–Crippen LogP) is 3.97. The summed E-state index contributed by atoms with van der Waals surface area (Å²) in [6.45, 7) is 0.482. The van der Waals surface area contributed by atoms with E-state index in [9.17, 15) is 4.79 Å². The molecule has 0 aliphatic carbocycles. The zero-order valence-electron chi connectivity index (χ0n) is 12.3. The molecule has 0 saturated carbocycles. The number of carbonyl (C=O) groups is 1. The van der Waals surface area contributed by atoms with Gasteiger partial charge in [-0.3, -0.25) is 4.79 Å². The Hall–Kier alpha value is -2.59. The summed E-state index contributed by atoms with van der Waals surface area (Å²) >= 11 is 6.09. The summed E-state index contributed by atoms with van der Waals surface area (Å²) in [5.74, 6) is 0.171. The molecule has 3 aromatic rings. The van der Waals surface area contributed by atoms with E-state index in [-0.39, 0.29) is 11.6 Å². The monoisotopic (exact) mass is 326 g/mol. The summed E-state index contributed by atoms with van der Waals surface area (Å²) in [5, 5.41) is 3.52. The third-order valence-corrected chi connectivity index (χ3v) is 3.76. The Morgan fingerprint density at radius 1 is 1.09 bits per heavy atom. The van der Waals surface area contributed by atoms with Crippen LogP contribution in [0.5, 0.6) is 0 Å². The Labute approximate surface area is 139 Å². The van der Waals surface area contributed by atoms with Crippen molar-refractivity contribution in [3.05, 3.63) is 77.1 Å². The van der Waals surface area contributed by atoms with Crippen LogP contribution in [0.15, 0.2) is 65.3 Å². The highest BCUT2D eigenvalue weighted by molar-refractivity contribution is 6.31. The molecule has 0 atom stereocenters. The van der Waals surface area contributed by atoms with Crippen molar-refractivity contribution in [1.29, 1.82) is 0 Å². The molecule has 0 aliphatic heterocycles. The fourth-order valence-electron chi connectivity index (χ4n) is 2.19. The number of carbonyl (C=O) groups excluding carboxylic acids is 1. The van der Waals surface area contributed by atoms with Crippen molar-refractivity contribution in [2.24, 2.45) is 0 Å². The molecule has 116 valence electrons. The highest BCUT2D eigenvalue weighted by Crippen LogP contribution is 2.18. The van der Waals surface area contributed by atoms with Crippen molar-refractivity contribution in [3.63, 3.8) is 0 Å². The molecule has 3 rings (SSSR count). The third kappa shape index (κ3) is 3.79. The van der Waals surface area contributed by atoms with Crippen molar-refractivity contribution >= 4 is 17.5 Å². The molecule has 1 heterocycles. The van der Waals surface area contributed by atoms with E-state index in [1.807, 2.05) is 54.6 Å². The number of benzene rings is 2. The van der Waals surface area contributed by atoms with Gasteiger partial charge in [0.2, 0.25) is 5.89 Å². The maximum atomic E-state index is 12.1. The van der Waals surface area contributed by atoms with Crippen molar-refractivity contribution in [1.82, 2.24) is 10.3 Å². The lowest BCUT2D eigenvalue weighted by atomic mass is 10.1. The van der Waals surface area contributed by atoms with Gasteiger partial charge >= 0.3 is 0 Å². The van der Waals surface area contributed by atoms with Crippen LogP contribution in [0.3, 0.4) is 0 Å². The smallest absolute Gasteiger partial charge is 0.273 e. The van der Waals surface area contributed by atoms with Gasteiger partial charge in [0.15, 0.2) is 5.69 Å². The summed E-state index contributed by atoms with van der Waals surface area (Å²) < 4.78 is 5.36. The van der Waals surface area contributed by atoms with E-state index < -0.39 is 0 Å². The number of nitrogens with zero attached hydrogens (tertiary/aromatic N) is 1. The molecule has 0 saturated heterocycles. The second-order valence-corrected chi connectivity index (χ2v) is 5.41. The van der Waals surface area contributed by atoms with Gasteiger partial charge in [0.05, 0.1) is 0 Å². The van der Waals surface area contributed by atoms with Gasteiger partial charge in [-0.05, 0) is 30.2 Å². The van der Waals surface area contributed by atoms with E-state index in [4.69, 9.17) is 16.0 Å². The molecule has 1 amide bonds. The van der Waals surface area contributed by atoms with Gasteiger partial charge in [0, 0.05) is 17.1 Å². The van der Waals surface area contributed by atoms with Crippen molar-refractivity contribution in [2.75, 3.05) is 6.54 Å². The van der Waals surface area contributed by atoms with Crippen LogP contribution in [0, 0.1) is 0 Å². The molecule has 1 aromatic heterocycles. The molecule has 4 nitrogen and oxygen atoms in total. The van der Waals surface area contributed by atoms with E-state index in [2.05, 4.69) is 10.3 Å². The minimum absolute atomic E-state index is 0.261. The Kier molecular flexibility index (Phi) is 4.74. The molecule has 0 fully saturated rings. The molecule has 23 heavy (non-hydrogen) atoms. The molecular weight excluding hydrogens is 312 g/mol. The third-order valence-electron chi connectivity index (χ3n) is 3.40. The number of aromatic nitrogens is 1. The van der Waals surface area contributed by atoms with Crippen LogP contribution < -0.4 is 5.32 Å². The number of oxazole rings is 1. The lowest BCUT2D eigenvalue weighted by Crippen LogP contribution is -2.26. The van der Waals surface area contributed by atoms with Gasteiger partial charge in [-0.1, -0.05) is 48.0 Å². The molecule has 5 heteroatoms. The number of nitrogens with one attached hydrogen (secondary N) is 1. The highest BCUT2D eigenvalue weighted by Gasteiger charge is 2.13. The van der Waals surface area contributed by atoms with Gasteiger partial charge in [0.1, 0.15) is 6.26 Å². The first-order chi connectivity index (χ1) is 11.2. The number of halogens is 1. The van der Waals surface area contributed by atoms with Gasteiger partial charge in [-0.2, -0.15) is 0 Å². The molecular formula is C18H15ClN2O2. The van der Waals surface area contributed by atoms with Gasteiger partial charge in [0.25, 0.3) is 5.91 Å². The molecule has 2 aromatic carbocycles. The number of amides is 1. The van der Waals surface area contributed by atoms with Crippen LogP contribution in [0.25, 0.3) is 11.5 Å². The summed E-state index contributed by atoms with van der Waals surface area (Å²) in [6, 6.07) is 17.0. The Balaban J connectivity index is 1.59. The van der Waals surface area contributed by atoms with Crippen LogP contribution in [-0.2, 0) is 6.42 Å². The summed E-state index contributed by atoms with van der Waals surface area (Å²) in [6.07, 6.45) is 2.03. The van der Waals surface area contributed by atoms with Crippen molar-refractivity contribution < 1.29 is 9.21 Å². The van der Waals surface area contributed by atoms with Gasteiger partial charge in [-0.25, -0.2) is 4.98 Å². The maximum absolute atomic E-state index is 12.1. The first kappa shape index (κ1) is 15.3.